The van der Waals surface area contributed by atoms with E-state index in [1.165, 1.54) is 13.8 Å². The van der Waals surface area contributed by atoms with Crippen LogP contribution in [0.15, 0.2) is 30.3 Å². The first kappa shape index (κ1) is 26.8. The lowest BCUT2D eigenvalue weighted by Crippen LogP contribution is -2.48. The quantitative estimate of drug-likeness (QED) is 0.211. The van der Waals surface area contributed by atoms with Crippen molar-refractivity contribution >= 4 is 25.2 Å². The fraction of sp³-hybridized carbons (Fsp3) is 0.571. The van der Waals surface area contributed by atoms with E-state index in [-0.39, 0.29) is 12.3 Å². The molecule has 0 fully saturated rings. The first-order chi connectivity index (χ1) is 14.6. The van der Waals surface area contributed by atoms with E-state index < -0.39 is 43.1 Å². The van der Waals surface area contributed by atoms with Crippen molar-refractivity contribution in [3.8, 4) is 0 Å². The molecule has 0 bridgehead atoms. The zero-order valence-electron chi connectivity index (χ0n) is 18.1. The van der Waals surface area contributed by atoms with Crippen LogP contribution in [-0.4, -0.2) is 52.3 Å². The molecule has 1 rings (SSSR count). The van der Waals surface area contributed by atoms with Crippen molar-refractivity contribution in [1.82, 2.24) is 10.6 Å². The van der Waals surface area contributed by atoms with E-state index in [4.69, 9.17) is 5.73 Å². The minimum atomic E-state index is -4.02. The molecular formula is C21H34N3O6P. The van der Waals surface area contributed by atoms with Crippen LogP contribution < -0.4 is 16.4 Å². The van der Waals surface area contributed by atoms with Crippen LogP contribution in [-0.2, 0) is 25.4 Å². The number of carboxylic acid groups (broad SMARTS) is 1. The second kappa shape index (κ2) is 13.2. The molecule has 0 saturated carbocycles. The summed E-state index contributed by atoms with van der Waals surface area (Å²) in [7, 11) is -4.02. The molecular weight excluding hydrogens is 421 g/mol. The second-order valence-electron chi connectivity index (χ2n) is 7.72. The molecule has 0 aliphatic heterocycles. The van der Waals surface area contributed by atoms with E-state index in [2.05, 4.69) is 10.6 Å². The molecule has 0 saturated heterocycles. The summed E-state index contributed by atoms with van der Waals surface area (Å²) in [5, 5.41) is 14.5. The van der Waals surface area contributed by atoms with Gasteiger partial charge in [0.2, 0.25) is 19.2 Å². The second-order valence-corrected chi connectivity index (χ2v) is 10.4. The first-order valence-electron chi connectivity index (χ1n) is 10.4. The highest BCUT2D eigenvalue weighted by Crippen LogP contribution is 2.47. The summed E-state index contributed by atoms with van der Waals surface area (Å²) in [5.74, 6) is -4.29. The normalized spacial score (nSPS) is 15.9. The summed E-state index contributed by atoms with van der Waals surface area (Å²) in [5.41, 5.74) is 6.40. The van der Waals surface area contributed by atoms with Gasteiger partial charge in [0.05, 0.1) is 5.92 Å². The Hall–Kier alpha value is -2.22. The highest BCUT2D eigenvalue weighted by molar-refractivity contribution is 7.58. The number of aliphatic carboxylic acids is 1. The number of hydrogen-bond acceptors (Lipinski definition) is 5. The number of unbranched alkanes of at least 4 members (excludes halogenated alkanes) is 1. The number of amides is 2. The summed E-state index contributed by atoms with van der Waals surface area (Å²) in [4.78, 5) is 46.1. The van der Waals surface area contributed by atoms with Gasteiger partial charge in [-0.3, -0.25) is 18.9 Å². The first-order valence-corrected chi connectivity index (χ1v) is 12.3. The molecule has 0 aromatic heterocycles. The van der Waals surface area contributed by atoms with Crippen molar-refractivity contribution in [3.05, 3.63) is 35.9 Å². The van der Waals surface area contributed by atoms with Gasteiger partial charge < -0.3 is 26.4 Å². The standard InChI is InChI=1S/C21H34N3O6P/c1-15(25)23-19(10-6-7-13-22)20(26)24-16(2)31(29,30)14-18(21(27)28)12-11-17-8-4-3-5-9-17/h3-5,8-9,16,18-19H,6-7,10-14,22H2,1-2H3,(H,23,25)(H,24,26)(H,27,28)(H,29,30)/t16-,18-,19+/m1/s1. The van der Waals surface area contributed by atoms with Crippen LogP contribution in [0.2, 0.25) is 0 Å². The summed E-state index contributed by atoms with van der Waals surface area (Å²) in [6.45, 7) is 3.11. The largest absolute Gasteiger partial charge is 0.481 e. The molecule has 6 N–H and O–H groups in total. The molecule has 4 atom stereocenters. The average molecular weight is 455 g/mol. The van der Waals surface area contributed by atoms with Gasteiger partial charge in [-0.15, -0.1) is 0 Å². The van der Waals surface area contributed by atoms with Gasteiger partial charge in [0.25, 0.3) is 0 Å². The number of nitrogens with two attached hydrogens (primary N) is 1. The van der Waals surface area contributed by atoms with Gasteiger partial charge in [0, 0.05) is 13.1 Å². The van der Waals surface area contributed by atoms with Gasteiger partial charge in [-0.05, 0) is 51.1 Å². The van der Waals surface area contributed by atoms with Crippen molar-refractivity contribution in [2.24, 2.45) is 11.7 Å². The Morgan fingerprint density at radius 2 is 1.74 bits per heavy atom. The topological polar surface area (TPSA) is 159 Å². The Balaban J connectivity index is 2.74. The van der Waals surface area contributed by atoms with E-state index in [1.54, 1.807) is 0 Å². The van der Waals surface area contributed by atoms with Crippen molar-refractivity contribution < 1.29 is 28.9 Å². The predicted octanol–water partition coefficient (Wildman–Crippen LogP) is 1.69. The van der Waals surface area contributed by atoms with Crippen LogP contribution in [0.3, 0.4) is 0 Å². The molecule has 174 valence electrons. The number of rotatable bonds is 14. The predicted molar refractivity (Wildman–Crippen MR) is 119 cm³/mol. The Kier molecular flexibility index (Phi) is 11.5. The number of benzene rings is 1. The van der Waals surface area contributed by atoms with E-state index in [0.29, 0.717) is 32.2 Å². The molecule has 9 nitrogen and oxygen atoms in total. The van der Waals surface area contributed by atoms with E-state index in [9.17, 15) is 28.9 Å². The van der Waals surface area contributed by atoms with Crippen LogP contribution >= 0.6 is 7.37 Å². The van der Waals surface area contributed by atoms with Crippen LogP contribution in [0.5, 0.6) is 0 Å². The third-order valence-electron chi connectivity index (χ3n) is 5.05. The summed E-state index contributed by atoms with van der Waals surface area (Å²) in [6, 6.07) is 8.44. The SMILES string of the molecule is CC(=O)N[C@@H](CCCCN)C(=O)N[C@@H](C)P(=O)(O)C[C@@H](CCc1ccccc1)C(=O)O. The van der Waals surface area contributed by atoms with Crippen LogP contribution in [0.4, 0.5) is 0 Å². The average Bonchev–Trinajstić information content (AvgIpc) is 2.70. The molecule has 1 unspecified atom stereocenters. The number of hydrogen-bond donors (Lipinski definition) is 5. The third kappa shape index (κ3) is 10.1. The molecule has 0 heterocycles. The number of aryl methyl sites for hydroxylation is 1. The summed E-state index contributed by atoms with van der Waals surface area (Å²) < 4.78 is 12.9. The van der Waals surface area contributed by atoms with E-state index in [0.717, 1.165) is 5.56 Å². The Morgan fingerprint density at radius 3 is 2.29 bits per heavy atom. The van der Waals surface area contributed by atoms with Crippen LogP contribution in [0.25, 0.3) is 0 Å². The van der Waals surface area contributed by atoms with Crippen molar-refractivity contribution in [1.29, 1.82) is 0 Å². The van der Waals surface area contributed by atoms with Gasteiger partial charge in [-0.1, -0.05) is 30.3 Å². The maximum absolute atomic E-state index is 12.9. The van der Waals surface area contributed by atoms with E-state index >= 15 is 0 Å². The fourth-order valence-electron chi connectivity index (χ4n) is 3.17. The number of carboxylic acids is 1. The van der Waals surface area contributed by atoms with Crippen LogP contribution in [0, 0.1) is 5.92 Å². The Labute approximate surface area is 183 Å². The zero-order valence-corrected chi connectivity index (χ0v) is 19.0. The summed E-state index contributed by atoms with van der Waals surface area (Å²) >= 11 is 0. The molecule has 1 aromatic carbocycles. The van der Waals surface area contributed by atoms with Gasteiger partial charge in [-0.25, -0.2) is 0 Å². The van der Waals surface area contributed by atoms with Gasteiger partial charge in [0.15, 0.2) is 0 Å². The van der Waals surface area contributed by atoms with Gasteiger partial charge in [-0.2, -0.15) is 0 Å². The lowest BCUT2D eigenvalue weighted by atomic mass is 10.0. The van der Waals surface area contributed by atoms with Crippen molar-refractivity contribution in [2.45, 2.75) is 57.8 Å². The zero-order chi connectivity index (χ0) is 23.4. The molecule has 31 heavy (non-hydrogen) atoms. The Morgan fingerprint density at radius 1 is 1.10 bits per heavy atom. The highest BCUT2D eigenvalue weighted by Gasteiger charge is 2.35. The molecule has 0 aliphatic rings. The van der Waals surface area contributed by atoms with Crippen LogP contribution in [0.1, 0.15) is 45.1 Å². The monoisotopic (exact) mass is 455 g/mol. The smallest absolute Gasteiger partial charge is 0.307 e. The van der Waals surface area contributed by atoms with Crippen molar-refractivity contribution in [2.75, 3.05) is 12.7 Å². The Bertz CT molecular complexity index is 774. The molecule has 1 aromatic rings. The number of carbonyl (C=O) groups is 3. The van der Waals surface area contributed by atoms with Crippen molar-refractivity contribution in [3.63, 3.8) is 0 Å². The lowest BCUT2D eigenvalue weighted by molar-refractivity contribution is -0.141. The van der Waals surface area contributed by atoms with E-state index in [1.807, 2.05) is 30.3 Å². The minimum Gasteiger partial charge on any atom is -0.481 e. The molecule has 0 radical (unpaired) electrons. The minimum absolute atomic E-state index is 0.207. The molecule has 2 amide bonds. The lowest BCUT2D eigenvalue weighted by Gasteiger charge is -2.26. The third-order valence-corrected chi connectivity index (χ3v) is 7.36. The molecule has 0 spiro atoms. The number of carbonyl (C=O) groups excluding carboxylic acids is 2. The maximum Gasteiger partial charge on any atom is 0.307 e. The van der Waals surface area contributed by atoms with Gasteiger partial charge in [0.1, 0.15) is 11.8 Å². The fourth-order valence-corrected chi connectivity index (χ4v) is 4.78. The number of nitrogens with one attached hydrogen (secondary N) is 2. The molecule has 10 heteroatoms. The molecule has 0 aliphatic carbocycles. The van der Waals surface area contributed by atoms with Gasteiger partial charge >= 0.3 is 5.97 Å². The summed E-state index contributed by atoms with van der Waals surface area (Å²) in [6.07, 6.45) is 1.86. The maximum atomic E-state index is 12.9. The highest BCUT2D eigenvalue weighted by atomic mass is 31.2.